The lowest BCUT2D eigenvalue weighted by Gasteiger charge is -2.29. The second kappa shape index (κ2) is 7.69. The van der Waals surface area contributed by atoms with Crippen molar-refractivity contribution in [3.05, 3.63) is 35.9 Å². The predicted octanol–water partition coefficient (Wildman–Crippen LogP) is 4.74. The summed E-state index contributed by atoms with van der Waals surface area (Å²) in [6.45, 7) is 5.83. The molecule has 0 aliphatic heterocycles. The van der Waals surface area contributed by atoms with E-state index < -0.39 is 0 Å². The second-order valence-electron chi connectivity index (χ2n) is 6.45. The summed E-state index contributed by atoms with van der Waals surface area (Å²) in [6, 6.07) is 11.8. The first kappa shape index (κ1) is 14.6. The highest BCUT2D eigenvalue weighted by Crippen LogP contribution is 2.32. The average Bonchev–Trinajstić information content (AvgIpc) is 2.45. The summed E-state index contributed by atoms with van der Waals surface area (Å²) in [5.41, 5.74) is 1.54. The zero-order chi connectivity index (χ0) is 13.5. The van der Waals surface area contributed by atoms with Crippen LogP contribution in [-0.2, 0) is 0 Å². The van der Waals surface area contributed by atoms with Crippen LogP contribution in [0.4, 0.5) is 0 Å². The van der Waals surface area contributed by atoms with Gasteiger partial charge in [0.15, 0.2) is 0 Å². The van der Waals surface area contributed by atoms with Crippen molar-refractivity contribution >= 4 is 0 Å². The maximum Gasteiger partial charge on any atom is 0.00674 e. The third-order valence-electron chi connectivity index (χ3n) is 4.39. The van der Waals surface area contributed by atoms with Crippen molar-refractivity contribution in [3.63, 3.8) is 0 Å². The molecule has 1 N–H and O–H groups in total. The summed E-state index contributed by atoms with van der Waals surface area (Å²) >= 11 is 0. The lowest BCUT2D eigenvalue weighted by atomic mass is 9.82. The summed E-state index contributed by atoms with van der Waals surface area (Å²) in [4.78, 5) is 0. The molecule has 1 nitrogen and oxygen atoms in total. The van der Waals surface area contributed by atoms with E-state index in [0.29, 0.717) is 0 Å². The molecule has 0 radical (unpaired) electrons. The Bertz CT molecular complexity index is 336. The van der Waals surface area contributed by atoms with Gasteiger partial charge in [0.25, 0.3) is 0 Å². The van der Waals surface area contributed by atoms with E-state index in [1.165, 1.54) is 45.1 Å². The fourth-order valence-electron chi connectivity index (χ4n) is 3.17. The van der Waals surface area contributed by atoms with Crippen molar-refractivity contribution in [1.82, 2.24) is 5.32 Å². The molecule has 0 atom stereocenters. The molecule has 1 saturated carbocycles. The molecule has 0 bridgehead atoms. The Balaban J connectivity index is 1.65. The molecule has 0 aromatic heterocycles. The van der Waals surface area contributed by atoms with E-state index in [2.05, 4.69) is 49.5 Å². The highest BCUT2D eigenvalue weighted by Gasteiger charge is 2.21. The van der Waals surface area contributed by atoms with Crippen LogP contribution in [0.3, 0.4) is 0 Å². The van der Waals surface area contributed by atoms with Crippen molar-refractivity contribution in [3.8, 4) is 0 Å². The highest BCUT2D eigenvalue weighted by atomic mass is 14.9. The molecular formula is C18H29N. The minimum atomic E-state index is 0.770. The van der Waals surface area contributed by atoms with Crippen LogP contribution < -0.4 is 5.32 Å². The van der Waals surface area contributed by atoms with Crippen LogP contribution in [0.1, 0.15) is 63.9 Å². The van der Waals surface area contributed by atoms with Crippen LogP contribution in [0.5, 0.6) is 0 Å². The lowest BCUT2D eigenvalue weighted by Crippen LogP contribution is -2.33. The predicted molar refractivity (Wildman–Crippen MR) is 83.5 cm³/mol. The van der Waals surface area contributed by atoms with Crippen LogP contribution in [0, 0.1) is 5.92 Å². The van der Waals surface area contributed by atoms with Crippen LogP contribution >= 0.6 is 0 Å². The van der Waals surface area contributed by atoms with Gasteiger partial charge in [-0.2, -0.15) is 0 Å². The van der Waals surface area contributed by atoms with E-state index in [1.807, 2.05) is 0 Å². The van der Waals surface area contributed by atoms with Gasteiger partial charge in [-0.3, -0.25) is 0 Å². The van der Waals surface area contributed by atoms with Gasteiger partial charge < -0.3 is 5.32 Å². The van der Waals surface area contributed by atoms with Gasteiger partial charge >= 0.3 is 0 Å². The van der Waals surface area contributed by atoms with Gasteiger partial charge in [-0.1, -0.05) is 44.2 Å². The van der Waals surface area contributed by atoms with Gasteiger partial charge in [0.05, 0.1) is 0 Å². The smallest absolute Gasteiger partial charge is 0.00674 e. The van der Waals surface area contributed by atoms with Crippen LogP contribution in [0.25, 0.3) is 0 Å². The van der Waals surface area contributed by atoms with Gasteiger partial charge in [-0.05, 0) is 62.5 Å². The molecule has 1 aliphatic rings. The molecular weight excluding hydrogens is 230 g/mol. The first-order valence-corrected chi connectivity index (χ1v) is 8.04. The molecule has 2 rings (SSSR count). The lowest BCUT2D eigenvalue weighted by molar-refractivity contribution is 0.338. The molecule has 0 heterocycles. The quantitative estimate of drug-likeness (QED) is 0.728. The molecule has 1 aliphatic carbocycles. The van der Waals surface area contributed by atoms with Gasteiger partial charge in [0.2, 0.25) is 0 Å². The molecule has 0 saturated heterocycles. The topological polar surface area (TPSA) is 12.0 Å². The Labute approximate surface area is 118 Å². The number of nitrogens with one attached hydrogen (secondary N) is 1. The molecule has 0 unspecified atom stereocenters. The molecule has 1 aromatic carbocycles. The van der Waals surface area contributed by atoms with Gasteiger partial charge in [-0.25, -0.2) is 0 Å². The number of rotatable bonds is 6. The summed E-state index contributed by atoms with van der Waals surface area (Å²) in [6.07, 6.45) is 8.09. The van der Waals surface area contributed by atoms with E-state index in [9.17, 15) is 0 Å². The SMILES string of the molecule is CC(C)CCCNC1CCC(c2ccccc2)CC1. The summed E-state index contributed by atoms with van der Waals surface area (Å²) in [5, 5.41) is 3.75. The molecule has 106 valence electrons. The Morgan fingerprint density at radius 1 is 1.05 bits per heavy atom. The van der Waals surface area contributed by atoms with Gasteiger partial charge in [0.1, 0.15) is 0 Å². The zero-order valence-electron chi connectivity index (χ0n) is 12.6. The maximum absolute atomic E-state index is 3.75. The Morgan fingerprint density at radius 2 is 1.74 bits per heavy atom. The standard InChI is InChI=1S/C18H29N/c1-15(2)7-6-14-19-18-12-10-17(11-13-18)16-8-4-3-5-9-16/h3-5,8-9,15,17-19H,6-7,10-14H2,1-2H3. The third kappa shape index (κ3) is 4.99. The van der Waals surface area contributed by atoms with E-state index in [4.69, 9.17) is 0 Å². The van der Waals surface area contributed by atoms with Crippen molar-refractivity contribution in [2.75, 3.05) is 6.54 Å². The molecule has 1 fully saturated rings. The van der Waals surface area contributed by atoms with Gasteiger partial charge in [0, 0.05) is 6.04 Å². The minimum absolute atomic E-state index is 0.770. The largest absolute Gasteiger partial charge is 0.314 e. The minimum Gasteiger partial charge on any atom is -0.314 e. The summed E-state index contributed by atoms with van der Waals surface area (Å²) in [7, 11) is 0. The Morgan fingerprint density at radius 3 is 2.37 bits per heavy atom. The first-order chi connectivity index (χ1) is 9.25. The van der Waals surface area contributed by atoms with Crippen molar-refractivity contribution in [1.29, 1.82) is 0 Å². The van der Waals surface area contributed by atoms with Crippen LogP contribution in [0.2, 0.25) is 0 Å². The molecule has 19 heavy (non-hydrogen) atoms. The molecule has 0 spiro atoms. The fraction of sp³-hybridized carbons (Fsp3) is 0.667. The summed E-state index contributed by atoms with van der Waals surface area (Å²) in [5.74, 6) is 1.64. The second-order valence-corrected chi connectivity index (χ2v) is 6.45. The molecule has 1 heteroatoms. The van der Waals surface area contributed by atoms with E-state index in [-0.39, 0.29) is 0 Å². The highest BCUT2D eigenvalue weighted by molar-refractivity contribution is 5.20. The monoisotopic (exact) mass is 259 g/mol. The molecule has 1 aromatic rings. The van der Waals surface area contributed by atoms with E-state index in [0.717, 1.165) is 17.9 Å². The number of benzene rings is 1. The fourth-order valence-corrected chi connectivity index (χ4v) is 3.17. The number of hydrogen-bond acceptors (Lipinski definition) is 1. The van der Waals surface area contributed by atoms with Crippen molar-refractivity contribution in [2.24, 2.45) is 5.92 Å². The zero-order valence-corrected chi connectivity index (χ0v) is 12.6. The maximum atomic E-state index is 3.75. The van der Waals surface area contributed by atoms with Crippen molar-refractivity contribution < 1.29 is 0 Å². The van der Waals surface area contributed by atoms with E-state index >= 15 is 0 Å². The molecule has 0 amide bonds. The third-order valence-corrected chi connectivity index (χ3v) is 4.39. The van der Waals surface area contributed by atoms with Crippen LogP contribution in [0.15, 0.2) is 30.3 Å². The van der Waals surface area contributed by atoms with Crippen molar-refractivity contribution in [2.45, 2.75) is 64.3 Å². The van der Waals surface area contributed by atoms with E-state index in [1.54, 1.807) is 5.56 Å². The van der Waals surface area contributed by atoms with Crippen LogP contribution in [-0.4, -0.2) is 12.6 Å². The normalized spacial score (nSPS) is 23.7. The summed E-state index contributed by atoms with van der Waals surface area (Å²) < 4.78 is 0. The first-order valence-electron chi connectivity index (χ1n) is 8.04. The average molecular weight is 259 g/mol. The number of hydrogen-bond donors (Lipinski definition) is 1. The Kier molecular flexibility index (Phi) is 5.91. The Hall–Kier alpha value is -0.820. The van der Waals surface area contributed by atoms with Gasteiger partial charge in [-0.15, -0.1) is 0 Å².